The smallest absolute Gasteiger partial charge is 0.249 e. The summed E-state index contributed by atoms with van der Waals surface area (Å²) in [7, 11) is 0. The lowest BCUT2D eigenvalue weighted by Gasteiger charge is -2.34. The van der Waals surface area contributed by atoms with Crippen LogP contribution in [0, 0.1) is 6.92 Å². The molecule has 0 saturated carbocycles. The van der Waals surface area contributed by atoms with Gasteiger partial charge in [0.1, 0.15) is 23.5 Å². The lowest BCUT2D eigenvalue weighted by atomic mass is 10.1. The van der Waals surface area contributed by atoms with Gasteiger partial charge in [-0.05, 0) is 13.3 Å². The number of imide groups is 1. The molecule has 3 N–H and O–H groups in total. The number of aryl methyl sites for hydroxylation is 1. The van der Waals surface area contributed by atoms with Crippen LogP contribution >= 0.6 is 0 Å². The minimum atomic E-state index is -0.406. The predicted octanol–water partition coefficient (Wildman–Crippen LogP) is -0.391. The van der Waals surface area contributed by atoms with Crippen LogP contribution in [-0.2, 0) is 9.59 Å². The summed E-state index contributed by atoms with van der Waals surface area (Å²) in [6.07, 6.45) is 0.585. The summed E-state index contributed by atoms with van der Waals surface area (Å²) >= 11 is 0. The molecule has 96 valence electrons. The highest BCUT2D eigenvalue weighted by molar-refractivity contribution is 6.04. The maximum absolute atomic E-state index is 11.7. The van der Waals surface area contributed by atoms with Crippen LogP contribution in [0.25, 0.3) is 0 Å². The number of nitrogen functional groups attached to an aromatic ring is 1. The molecule has 0 bridgehead atoms. The first kappa shape index (κ1) is 12.3. The number of nitrogens with zero attached hydrogens (tertiary/aromatic N) is 3. The van der Waals surface area contributed by atoms with Crippen molar-refractivity contribution in [3.63, 3.8) is 0 Å². The Bertz CT molecular complexity index is 482. The van der Waals surface area contributed by atoms with E-state index in [4.69, 9.17) is 5.73 Å². The van der Waals surface area contributed by atoms with Gasteiger partial charge in [0.15, 0.2) is 0 Å². The Balaban J connectivity index is 2.39. The van der Waals surface area contributed by atoms with Crippen molar-refractivity contribution in [2.75, 3.05) is 17.2 Å². The number of hydrogen-bond donors (Lipinski definition) is 2. The molecule has 0 aliphatic carbocycles. The van der Waals surface area contributed by atoms with Crippen molar-refractivity contribution in [2.45, 2.75) is 26.3 Å². The highest BCUT2D eigenvalue weighted by atomic mass is 16.2. The van der Waals surface area contributed by atoms with Gasteiger partial charge in [0.05, 0.1) is 6.54 Å². The van der Waals surface area contributed by atoms with Crippen molar-refractivity contribution in [1.29, 1.82) is 0 Å². The van der Waals surface area contributed by atoms with E-state index in [1.54, 1.807) is 17.9 Å². The minimum absolute atomic E-state index is 0.0974. The molecule has 1 atom stereocenters. The molecule has 1 aromatic rings. The summed E-state index contributed by atoms with van der Waals surface area (Å²) in [5, 5.41) is 2.32. The summed E-state index contributed by atoms with van der Waals surface area (Å²) in [5.41, 5.74) is 5.66. The summed E-state index contributed by atoms with van der Waals surface area (Å²) in [6, 6.07) is 1.16. The second-order valence-electron chi connectivity index (χ2n) is 4.16. The lowest BCUT2D eigenvalue weighted by Crippen LogP contribution is -2.58. The molecule has 7 heteroatoms. The quantitative estimate of drug-likeness (QED) is 0.692. The standard InChI is InChI=1S/C11H15N5O2/c1-3-7-11(18)15-10(17)5-16(7)9-4-8(12)13-6(2)14-9/h4,7H,3,5H2,1-2H3,(H2,12,13,14)(H,15,17,18). The van der Waals surface area contributed by atoms with E-state index in [9.17, 15) is 9.59 Å². The Morgan fingerprint density at radius 3 is 2.83 bits per heavy atom. The number of anilines is 2. The van der Waals surface area contributed by atoms with Gasteiger partial charge in [0.25, 0.3) is 0 Å². The highest BCUT2D eigenvalue weighted by Crippen LogP contribution is 2.20. The van der Waals surface area contributed by atoms with E-state index in [1.165, 1.54) is 0 Å². The average molecular weight is 249 g/mol. The van der Waals surface area contributed by atoms with Gasteiger partial charge in [0.2, 0.25) is 11.8 Å². The number of nitrogens with one attached hydrogen (secondary N) is 1. The van der Waals surface area contributed by atoms with Crippen LogP contribution in [-0.4, -0.2) is 34.4 Å². The molecule has 1 unspecified atom stereocenters. The van der Waals surface area contributed by atoms with Crippen molar-refractivity contribution in [1.82, 2.24) is 15.3 Å². The molecular weight excluding hydrogens is 234 g/mol. The number of nitrogens with two attached hydrogens (primary N) is 1. The zero-order valence-electron chi connectivity index (χ0n) is 10.3. The van der Waals surface area contributed by atoms with Crippen molar-refractivity contribution >= 4 is 23.5 Å². The third-order valence-corrected chi connectivity index (χ3v) is 2.78. The largest absolute Gasteiger partial charge is 0.384 e. The van der Waals surface area contributed by atoms with Gasteiger partial charge in [-0.3, -0.25) is 14.9 Å². The van der Waals surface area contributed by atoms with Crippen LogP contribution in [0.2, 0.25) is 0 Å². The van der Waals surface area contributed by atoms with Crippen LogP contribution in [0.3, 0.4) is 0 Å². The summed E-state index contributed by atoms with van der Waals surface area (Å²) in [4.78, 5) is 33.0. The number of amides is 2. The van der Waals surface area contributed by atoms with Crippen LogP contribution in [0.5, 0.6) is 0 Å². The summed E-state index contributed by atoms with van der Waals surface area (Å²) in [5.74, 6) is 0.710. The number of carbonyl (C=O) groups excluding carboxylic acids is 2. The Hall–Kier alpha value is -2.18. The number of piperazine rings is 1. The first-order chi connectivity index (χ1) is 8.51. The number of aromatic nitrogens is 2. The molecule has 1 aliphatic rings. The SMILES string of the molecule is CCC1C(=O)NC(=O)CN1c1cc(N)nc(C)n1. The van der Waals surface area contributed by atoms with Gasteiger partial charge in [-0.25, -0.2) is 9.97 Å². The number of rotatable bonds is 2. The first-order valence-corrected chi connectivity index (χ1v) is 5.72. The molecule has 18 heavy (non-hydrogen) atoms. The molecule has 2 heterocycles. The molecule has 0 radical (unpaired) electrons. The molecule has 1 fully saturated rings. The lowest BCUT2D eigenvalue weighted by molar-refractivity contribution is -0.132. The molecule has 2 rings (SSSR count). The molecule has 7 nitrogen and oxygen atoms in total. The zero-order chi connectivity index (χ0) is 13.3. The predicted molar refractivity (Wildman–Crippen MR) is 65.8 cm³/mol. The van der Waals surface area contributed by atoms with E-state index < -0.39 is 6.04 Å². The fourth-order valence-corrected chi connectivity index (χ4v) is 2.03. The molecular formula is C11H15N5O2. The number of carbonyl (C=O) groups is 2. The normalized spacial score (nSPS) is 19.9. The van der Waals surface area contributed by atoms with Crippen LogP contribution in [0.15, 0.2) is 6.07 Å². The Kier molecular flexibility index (Phi) is 3.14. The van der Waals surface area contributed by atoms with Gasteiger partial charge < -0.3 is 10.6 Å². The van der Waals surface area contributed by atoms with Crippen LogP contribution < -0.4 is 16.0 Å². The number of hydrogen-bond acceptors (Lipinski definition) is 6. The minimum Gasteiger partial charge on any atom is -0.384 e. The van der Waals surface area contributed by atoms with E-state index in [2.05, 4.69) is 15.3 Å². The molecule has 1 aromatic heterocycles. The molecule has 1 saturated heterocycles. The van der Waals surface area contributed by atoms with Crippen LogP contribution in [0.1, 0.15) is 19.2 Å². The maximum atomic E-state index is 11.7. The maximum Gasteiger partial charge on any atom is 0.249 e. The average Bonchev–Trinajstić information content (AvgIpc) is 2.26. The molecule has 0 spiro atoms. The van der Waals surface area contributed by atoms with E-state index >= 15 is 0 Å². The van der Waals surface area contributed by atoms with Crippen molar-refractivity contribution in [3.8, 4) is 0 Å². The van der Waals surface area contributed by atoms with Crippen LogP contribution in [0.4, 0.5) is 11.6 Å². The van der Waals surface area contributed by atoms with Crippen molar-refractivity contribution < 1.29 is 9.59 Å². The van der Waals surface area contributed by atoms with Gasteiger partial charge >= 0.3 is 0 Å². The third kappa shape index (κ3) is 2.24. The van der Waals surface area contributed by atoms with E-state index in [0.29, 0.717) is 23.9 Å². The van der Waals surface area contributed by atoms with E-state index in [-0.39, 0.29) is 18.4 Å². The molecule has 0 aromatic carbocycles. The Labute approximate surface area is 104 Å². The van der Waals surface area contributed by atoms with Gasteiger partial charge in [0, 0.05) is 6.07 Å². The van der Waals surface area contributed by atoms with Crippen molar-refractivity contribution in [2.24, 2.45) is 0 Å². The van der Waals surface area contributed by atoms with Gasteiger partial charge in [-0.15, -0.1) is 0 Å². The second kappa shape index (κ2) is 4.59. The zero-order valence-corrected chi connectivity index (χ0v) is 10.3. The van der Waals surface area contributed by atoms with Gasteiger partial charge in [-0.1, -0.05) is 6.92 Å². The molecule has 1 aliphatic heterocycles. The Morgan fingerprint density at radius 2 is 2.22 bits per heavy atom. The van der Waals surface area contributed by atoms with E-state index in [0.717, 1.165) is 0 Å². The Morgan fingerprint density at radius 1 is 1.50 bits per heavy atom. The van der Waals surface area contributed by atoms with E-state index in [1.807, 2.05) is 6.92 Å². The fraction of sp³-hybridized carbons (Fsp3) is 0.455. The fourth-order valence-electron chi connectivity index (χ4n) is 2.03. The van der Waals surface area contributed by atoms with Crippen molar-refractivity contribution in [3.05, 3.63) is 11.9 Å². The summed E-state index contributed by atoms with van der Waals surface area (Å²) in [6.45, 7) is 3.69. The first-order valence-electron chi connectivity index (χ1n) is 5.72. The monoisotopic (exact) mass is 249 g/mol. The summed E-state index contributed by atoms with van der Waals surface area (Å²) < 4.78 is 0. The van der Waals surface area contributed by atoms with Gasteiger partial charge in [-0.2, -0.15) is 0 Å². The second-order valence-corrected chi connectivity index (χ2v) is 4.16. The third-order valence-electron chi connectivity index (χ3n) is 2.78. The highest BCUT2D eigenvalue weighted by Gasteiger charge is 2.33. The topological polar surface area (TPSA) is 101 Å². The molecule has 2 amide bonds.